The van der Waals surface area contributed by atoms with Gasteiger partial charge in [-0.2, -0.15) is 5.10 Å². The summed E-state index contributed by atoms with van der Waals surface area (Å²) in [6, 6.07) is 3.76. The molecule has 1 fully saturated rings. The Balaban J connectivity index is 1.78. The number of carbonyl (C=O) groups is 1. The van der Waals surface area contributed by atoms with Crippen LogP contribution in [0.5, 0.6) is 0 Å². The monoisotopic (exact) mass is 321 g/mol. The molecule has 1 unspecified atom stereocenters. The van der Waals surface area contributed by atoms with Gasteiger partial charge in [0.15, 0.2) is 0 Å². The third-order valence-electron chi connectivity index (χ3n) is 4.19. The van der Waals surface area contributed by atoms with Crippen molar-refractivity contribution in [1.29, 1.82) is 0 Å². The quantitative estimate of drug-likeness (QED) is 0.736. The fourth-order valence-electron chi connectivity index (χ4n) is 2.59. The molecule has 0 aliphatic heterocycles. The Bertz CT molecular complexity index is 619. The number of nitrogens with zero attached hydrogens (tertiary/aromatic N) is 3. The predicted octanol–water partition coefficient (Wildman–Crippen LogP) is 3.21. The Hall–Kier alpha value is -1.75. The van der Waals surface area contributed by atoms with E-state index in [2.05, 4.69) is 5.10 Å². The second-order valence-corrected chi connectivity index (χ2v) is 6.10. The fraction of sp³-hybridized carbons (Fsp3) is 0.500. The molecule has 0 saturated heterocycles. The number of aromatic nitrogens is 2. The lowest BCUT2D eigenvalue weighted by atomic mass is 10.1. The van der Waals surface area contributed by atoms with E-state index in [1.165, 1.54) is 12.8 Å². The standard InChI is InChI=1S/C16H20ClN3O2/c1-12(14-5-7-22-11-14)19(16(21)8-17)10-15-4-6-18-20(15)9-13-2-3-13/h4-7,11-13H,2-3,8-10H2,1H3. The first kappa shape index (κ1) is 15.2. The minimum atomic E-state index is -0.0886. The zero-order valence-corrected chi connectivity index (χ0v) is 13.4. The normalized spacial score (nSPS) is 15.7. The molecule has 1 amide bonds. The highest BCUT2D eigenvalue weighted by molar-refractivity contribution is 6.27. The van der Waals surface area contributed by atoms with Gasteiger partial charge in [-0.3, -0.25) is 9.48 Å². The van der Waals surface area contributed by atoms with Crippen molar-refractivity contribution in [3.8, 4) is 0 Å². The second-order valence-electron chi connectivity index (χ2n) is 5.84. The Morgan fingerprint density at radius 1 is 1.55 bits per heavy atom. The lowest BCUT2D eigenvalue weighted by Gasteiger charge is -2.28. The van der Waals surface area contributed by atoms with E-state index in [-0.39, 0.29) is 17.8 Å². The van der Waals surface area contributed by atoms with Gasteiger partial charge in [0.1, 0.15) is 5.88 Å². The van der Waals surface area contributed by atoms with E-state index in [0.29, 0.717) is 6.54 Å². The van der Waals surface area contributed by atoms with Crippen molar-refractivity contribution in [2.24, 2.45) is 5.92 Å². The van der Waals surface area contributed by atoms with Crippen LogP contribution in [-0.4, -0.2) is 26.5 Å². The van der Waals surface area contributed by atoms with Crippen LogP contribution in [0.15, 0.2) is 35.3 Å². The highest BCUT2D eigenvalue weighted by Gasteiger charge is 2.26. The summed E-state index contributed by atoms with van der Waals surface area (Å²) < 4.78 is 7.14. The molecule has 5 nitrogen and oxygen atoms in total. The van der Waals surface area contributed by atoms with Gasteiger partial charge >= 0.3 is 0 Å². The first-order chi connectivity index (χ1) is 10.7. The largest absolute Gasteiger partial charge is 0.472 e. The summed E-state index contributed by atoms with van der Waals surface area (Å²) in [5.74, 6) is 0.621. The molecule has 1 aliphatic rings. The summed E-state index contributed by atoms with van der Waals surface area (Å²) >= 11 is 5.79. The van der Waals surface area contributed by atoms with Gasteiger partial charge in [-0.1, -0.05) is 0 Å². The van der Waals surface area contributed by atoms with Crippen molar-refractivity contribution >= 4 is 17.5 Å². The number of halogens is 1. The number of hydrogen-bond donors (Lipinski definition) is 0. The molecule has 0 N–H and O–H groups in total. The molecule has 1 atom stereocenters. The first-order valence-corrected chi connectivity index (χ1v) is 8.10. The lowest BCUT2D eigenvalue weighted by molar-refractivity contribution is -0.131. The number of furan rings is 1. The van der Waals surface area contributed by atoms with Crippen LogP contribution in [-0.2, 0) is 17.9 Å². The van der Waals surface area contributed by atoms with Crippen LogP contribution in [0.25, 0.3) is 0 Å². The molecule has 1 saturated carbocycles. The van der Waals surface area contributed by atoms with Crippen LogP contribution in [0.1, 0.15) is 37.1 Å². The summed E-state index contributed by atoms with van der Waals surface area (Å²) in [5.41, 5.74) is 2.01. The van der Waals surface area contributed by atoms with Crippen molar-refractivity contribution in [3.63, 3.8) is 0 Å². The highest BCUT2D eigenvalue weighted by Crippen LogP contribution is 2.31. The molecule has 3 rings (SSSR count). The molecule has 0 aromatic carbocycles. The summed E-state index contributed by atoms with van der Waals surface area (Å²) in [5, 5.41) is 4.38. The Morgan fingerprint density at radius 2 is 2.36 bits per heavy atom. The number of alkyl halides is 1. The minimum Gasteiger partial charge on any atom is -0.472 e. The molecular formula is C16H20ClN3O2. The average Bonchev–Trinajstić information content (AvgIpc) is 3.01. The van der Waals surface area contributed by atoms with Gasteiger partial charge in [0.05, 0.1) is 30.8 Å². The average molecular weight is 322 g/mol. The molecule has 22 heavy (non-hydrogen) atoms. The molecule has 0 bridgehead atoms. The lowest BCUT2D eigenvalue weighted by Crippen LogP contribution is -2.34. The number of carbonyl (C=O) groups excluding carboxylic acids is 1. The van der Waals surface area contributed by atoms with E-state index in [0.717, 1.165) is 23.7 Å². The summed E-state index contributed by atoms with van der Waals surface area (Å²) in [4.78, 5) is 14.0. The van der Waals surface area contributed by atoms with Crippen molar-refractivity contribution in [1.82, 2.24) is 14.7 Å². The Morgan fingerprint density at radius 3 is 3.00 bits per heavy atom. The summed E-state index contributed by atoms with van der Waals surface area (Å²) in [6.07, 6.45) is 7.63. The maximum atomic E-state index is 12.3. The summed E-state index contributed by atoms with van der Waals surface area (Å²) in [7, 11) is 0. The van der Waals surface area contributed by atoms with E-state index < -0.39 is 0 Å². The van der Waals surface area contributed by atoms with E-state index in [1.807, 2.05) is 23.7 Å². The van der Waals surface area contributed by atoms with Gasteiger partial charge in [0.2, 0.25) is 5.91 Å². The maximum absolute atomic E-state index is 12.3. The third kappa shape index (κ3) is 3.35. The van der Waals surface area contributed by atoms with Crippen LogP contribution in [0.4, 0.5) is 0 Å². The minimum absolute atomic E-state index is 0.0288. The van der Waals surface area contributed by atoms with E-state index in [4.69, 9.17) is 16.0 Å². The van der Waals surface area contributed by atoms with Crippen LogP contribution in [0.3, 0.4) is 0 Å². The van der Waals surface area contributed by atoms with Crippen LogP contribution < -0.4 is 0 Å². The van der Waals surface area contributed by atoms with E-state index >= 15 is 0 Å². The van der Waals surface area contributed by atoms with Crippen molar-refractivity contribution in [2.45, 2.75) is 38.9 Å². The molecule has 1 aliphatic carbocycles. The SMILES string of the molecule is CC(c1ccoc1)N(Cc1ccnn1CC1CC1)C(=O)CCl. The Labute approximate surface area is 134 Å². The van der Waals surface area contributed by atoms with Crippen LogP contribution >= 0.6 is 11.6 Å². The van der Waals surface area contributed by atoms with Gasteiger partial charge < -0.3 is 9.32 Å². The highest BCUT2D eigenvalue weighted by atomic mass is 35.5. The maximum Gasteiger partial charge on any atom is 0.238 e. The Kier molecular flexibility index (Phi) is 4.52. The van der Waals surface area contributed by atoms with Crippen molar-refractivity contribution < 1.29 is 9.21 Å². The molecule has 2 aromatic heterocycles. The molecule has 2 heterocycles. The number of rotatable bonds is 7. The molecular weight excluding hydrogens is 302 g/mol. The van der Waals surface area contributed by atoms with Gasteiger partial charge in [-0.15, -0.1) is 11.6 Å². The number of hydrogen-bond acceptors (Lipinski definition) is 3. The zero-order chi connectivity index (χ0) is 15.5. The first-order valence-electron chi connectivity index (χ1n) is 7.57. The van der Waals surface area contributed by atoms with Gasteiger partial charge in [0, 0.05) is 18.3 Å². The van der Waals surface area contributed by atoms with E-state index in [9.17, 15) is 4.79 Å². The van der Waals surface area contributed by atoms with Gasteiger partial charge in [-0.05, 0) is 37.8 Å². The van der Waals surface area contributed by atoms with E-state index in [1.54, 1.807) is 23.6 Å². The number of amides is 1. The van der Waals surface area contributed by atoms with Crippen LogP contribution in [0, 0.1) is 5.92 Å². The topological polar surface area (TPSA) is 51.3 Å². The second kappa shape index (κ2) is 6.57. The smallest absolute Gasteiger partial charge is 0.238 e. The fourth-order valence-corrected chi connectivity index (χ4v) is 2.74. The van der Waals surface area contributed by atoms with Crippen molar-refractivity contribution in [2.75, 3.05) is 5.88 Å². The molecule has 118 valence electrons. The van der Waals surface area contributed by atoms with Crippen molar-refractivity contribution in [3.05, 3.63) is 42.1 Å². The van der Waals surface area contributed by atoms with Gasteiger partial charge in [-0.25, -0.2) is 0 Å². The van der Waals surface area contributed by atoms with Crippen LogP contribution in [0.2, 0.25) is 0 Å². The molecule has 0 spiro atoms. The molecule has 6 heteroatoms. The predicted molar refractivity (Wildman–Crippen MR) is 83.3 cm³/mol. The molecule has 0 radical (unpaired) electrons. The molecule has 2 aromatic rings. The zero-order valence-electron chi connectivity index (χ0n) is 12.6. The third-order valence-corrected chi connectivity index (χ3v) is 4.42. The van der Waals surface area contributed by atoms with Gasteiger partial charge in [0.25, 0.3) is 0 Å². The summed E-state index contributed by atoms with van der Waals surface area (Å²) in [6.45, 7) is 3.42.